The molecule has 0 aliphatic rings. The Bertz CT molecular complexity index is 293. The Labute approximate surface area is 98.5 Å². The Hall–Kier alpha value is -0.870. The first-order chi connectivity index (χ1) is 7.67. The molecule has 1 aromatic heterocycles. The summed E-state index contributed by atoms with van der Waals surface area (Å²) in [5.41, 5.74) is 6.55. The summed E-state index contributed by atoms with van der Waals surface area (Å²) in [5, 5.41) is 0. The van der Waals surface area contributed by atoms with Crippen LogP contribution in [0.3, 0.4) is 0 Å². The van der Waals surface area contributed by atoms with Gasteiger partial charge in [-0.15, -0.1) is 0 Å². The van der Waals surface area contributed by atoms with Gasteiger partial charge in [0.15, 0.2) is 0 Å². The molecule has 1 atom stereocenters. The summed E-state index contributed by atoms with van der Waals surface area (Å²) in [6.07, 6.45) is 7.57. The van der Waals surface area contributed by atoms with E-state index in [0.29, 0.717) is 12.6 Å². The highest BCUT2D eigenvalue weighted by Gasteiger charge is 2.10. The maximum atomic E-state index is 5.58. The van der Waals surface area contributed by atoms with Crippen molar-refractivity contribution >= 4 is 0 Å². The number of aromatic nitrogens is 2. The van der Waals surface area contributed by atoms with Gasteiger partial charge in [0.1, 0.15) is 0 Å². The minimum absolute atomic E-state index is 0.527. The zero-order chi connectivity index (χ0) is 12.0. The predicted octanol–water partition coefficient (Wildman–Crippen LogP) is 1.63. The fraction of sp³-hybridized carbons (Fsp3) is 0.750. The minimum atomic E-state index is 0.527. The number of nitrogens with two attached hydrogens (primary N) is 1. The van der Waals surface area contributed by atoms with Gasteiger partial charge < -0.3 is 15.2 Å². The fourth-order valence-corrected chi connectivity index (χ4v) is 1.87. The highest BCUT2D eigenvalue weighted by atomic mass is 15.1. The lowest BCUT2D eigenvalue weighted by Gasteiger charge is -2.20. The first-order valence-electron chi connectivity index (χ1n) is 6.04. The van der Waals surface area contributed by atoms with Crippen molar-refractivity contribution in [2.75, 3.05) is 20.6 Å². The smallest absolute Gasteiger partial charge is 0.0952 e. The van der Waals surface area contributed by atoms with Crippen molar-refractivity contribution in [2.45, 2.75) is 38.8 Å². The van der Waals surface area contributed by atoms with E-state index >= 15 is 0 Å². The second-order valence-electron chi connectivity index (χ2n) is 4.55. The number of rotatable bonds is 7. The molecule has 4 nitrogen and oxygen atoms in total. The normalized spacial score (nSPS) is 13.3. The van der Waals surface area contributed by atoms with Crippen molar-refractivity contribution in [1.82, 2.24) is 14.5 Å². The third kappa shape index (κ3) is 3.94. The standard InChI is InChI=1S/C12H24N4/c1-4-5-12(6-7-15(2)3)16-9-11(8-13)14-10-16/h9-10,12H,4-8,13H2,1-3H3. The quantitative estimate of drug-likeness (QED) is 0.766. The van der Waals surface area contributed by atoms with Gasteiger partial charge in [0, 0.05) is 18.8 Å². The van der Waals surface area contributed by atoms with Crippen molar-refractivity contribution in [3.05, 3.63) is 18.2 Å². The van der Waals surface area contributed by atoms with Gasteiger partial charge in [-0.3, -0.25) is 0 Å². The second kappa shape index (κ2) is 6.66. The monoisotopic (exact) mass is 224 g/mol. The SMILES string of the molecule is CCCC(CCN(C)C)n1cnc(CN)c1. The molecule has 0 radical (unpaired) electrons. The lowest BCUT2D eigenvalue weighted by atomic mass is 10.1. The first kappa shape index (κ1) is 13.2. The molecule has 1 heterocycles. The molecule has 1 unspecified atom stereocenters. The zero-order valence-electron chi connectivity index (χ0n) is 10.7. The van der Waals surface area contributed by atoms with E-state index in [-0.39, 0.29) is 0 Å². The van der Waals surface area contributed by atoms with Gasteiger partial charge in [0.05, 0.1) is 12.0 Å². The minimum Gasteiger partial charge on any atom is -0.334 e. The van der Waals surface area contributed by atoms with Crippen LogP contribution < -0.4 is 5.73 Å². The molecule has 92 valence electrons. The summed E-state index contributed by atoms with van der Waals surface area (Å²) >= 11 is 0. The molecular weight excluding hydrogens is 200 g/mol. The molecule has 0 spiro atoms. The zero-order valence-corrected chi connectivity index (χ0v) is 10.7. The molecule has 16 heavy (non-hydrogen) atoms. The topological polar surface area (TPSA) is 47.1 Å². The molecule has 0 amide bonds. The molecule has 1 rings (SSSR count). The van der Waals surface area contributed by atoms with Crippen LogP contribution in [0.25, 0.3) is 0 Å². The van der Waals surface area contributed by atoms with Gasteiger partial charge in [-0.25, -0.2) is 4.98 Å². The van der Waals surface area contributed by atoms with E-state index in [1.807, 2.05) is 6.33 Å². The van der Waals surface area contributed by atoms with Crippen LogP contribution in [0.1, 0.15) is 37.9 Å². The van der Waals surface area contributed by atoms with Crippen molar-refractivity contribution in [1.29, 1.82) is 0 Å². The predicted molar refractivity (Wildman–Crippen MR) is 67.2 cm³/mol. The van der Waals surface area contributed by atoms with Crippen molar-refractivity contribution < 1.29 is 0 Å². The fourth-order valence-electron chi connectivity index (χ4n) is 1.87. The van der Waals surface area contributed by atoms with Crippen molar-refractivity contribution in [3.63, 3.8) is 0 Å². The van der Waals surface area contributed by atoms with Crippen LogP contribution in [0.15, 0.2) is 12.5 Å². The summed E-state index contributed by atoms with van der Waals surface area (Å²) in [5.74, 6) is 0. The second-order valence-corrected chi connectivity index (χ2v) is 4.55. The van der Waals surface area contributed by atoms with Crippen LogP contribution in [0.4, 0.5) is 0 Å². The Morgan fingerprint density at radius 2 is 2.19 bits per heavy atom. The molecule has 2 N–H and O–H groups in total. The molecule has 0 aliphatic heterocycles. The average molecular weight is 224 g/mol. The molecule has 0 saturated heterocycles. The molecule has 0 bridgehead atoms. The number of hydrogen-bond acceptors (Lipinski definition) is 3. The van der Waals surface area contributed by atoms with Gasteiger partial charge in [-0.05, 0) is 33.5 Å². The third-order valence-electron chi connectivity index (χ3n) is 2.82. The van der Waals surface area contributed by atoms with Crippen LogP contribution in [0.5, 0.6) is 0 Å². The largest absolute Gasteiger partial charge is 0.334 e. The molecule has 1 aromatic rings. The van der Waals surface area contributed by atoms with E-state index in [0.717, 1.165) is 12.2 Å². The van der Waals surface area contributed by atoms with E-state index in [4.69, 9.17) is 5.73 Å². The van der Waals surface area contributed by atoms with Crippen LogP contribution in [-0.2, 0) is 6.54 Å². The number of nitrogens with zero attached hydrogens (tertiary/aromatic N) is 3. The summed E-state index contributed by atoms with van der Waals surface area (Å²) in [7, 11) is 4.23. The molecule has 4 heteroatoms. The number of hydrogen-bond donors (Lipinski definition) is 1. The average Bonchev–Trinajstić information content (AvgIpc) is 2.72. The van der Waals surface area contributed by atoms with Gasteiger partial charge >= 0.3 is 0 Å². The molecule has 0 aliphatic carbocycles. The first-order valence-corrected chi connectivity index (χ1v) is 6.04. The summed E-state index contributed by atoms with van der Waals surface area (Å²) in [4.78, 5) is 6.51. The summed E-state index contributed by atoms with van der Waals surface area (Å²) in [6.45, 7) is 3.86. The van der Waals surface area contributed by atoms with Gasteiger partial charge in [0.2, 0.25) is 0 Å². The van der Waals surface area contributed by atoms with Crippen LogP contribution in [-0.4, -0.2) is 35.1 Å². The Balaban J connectivity index is 2.60. The van der Waals surface area contributed by atoms with Gasteiger partial charge in [0.25, 0.3) is 0 Å². The summed E-state index contributed by atoms with van der Waals surface area (Å²) < 4.78 is 2.22. The van der Waals surface area contributed by atoms with Crippen LogP contribution in [0.2, 0.25) is 0 Å². The van der Waals surface area contributed by atoms with E-state index in [1.54, 1.807) is 0 Å². The lowest BCUT2D eigenvalue weighted by molar-refractivity contribution is 0.334. The van der Waals surface area contributed by atoms with E-state index in [9.17, 15) is 0 Å². The lowest BCUT2D eigenvalue weighted by Crippen LogP contribution is -2.18. The van der Waals surface area contributed by atoms with Gasteiger partial charge in [-0.2, -0.15) is 0 Å². The maximum Gasteiger partial charge on any atom is 0.0952 e. The van der Waals surface area contributed by atoms with Gasteiger partial charge in [-0.1, -0.05) is 13.3 Å². The van der Waals surface area contributed by atoms with Crippen LogP contribution >= 0.6 is 0 Å². The Morgan fingerprint density at radius 3 is 2.69 bits per heavy atom. The Morgan fingerprint density at radius 1 is 1.44 bits per heavy atom. The summed E-state index contributed by atoms with van der Waals surface area (Å²) in [6, 6.07) is 0.556. The molecule has 0 saturated carbocycles. The van der Waals surface area contributed by atoms with E-state index < -0.39 is 0 Å². The highest BCUT2D eigenvalue weighted by molar-refractivity contribution is 4.97. The molecule has 0 aromatic carbocycles. The van der Waals surface area contributed by atoms with E-state index in [1.165, 1.54) is 19.3 Å². The van der Waals surface area contributed by atoms with Crippen molar-refractivity contribution in [3.8, 4) is 0 Å². The Kier molecular flexibility index (Phi) is 5.49. The highest BCUT2D eigenvalue weighted by Crippen LogP contribution is 2.18. The van der Waals surface area contributed by atoms with Crippen LogP contribution in [0, 0.1) is 0 Å². The van der Waals surface area contributed by atoms with E-state index in [2.05, 4.69) is 41.7 Å². The molecule has 0 fully saturated rings. The maximum absolute atomic E-state index is 5.58. The number of imidazole rings is 1. The molecular formula is C12H24N4. The van der Waals surface area contributed by atoms with Crippen molar-refractivity contribution in [2.24, 2.45) is 5.73 Å². The third-order valence-corrected chi connectivity index (χ3v) is 2.82.